The number of Topliss-reactive ketones (excluding diaryl/α,β-unsaturated/α-hetero) is 2. The molecule has 130 valence electrons. The second-order valence-corrected chi connectivity index (χ2v) is 9.16. The number of carbonyl (C=O) groups excluding carboxylic acids is 3. The van der Waals surface area contributed by atoms with Crippen LogP contribution in [0.1, 0.15) is 37.0 Å². The van der Waals surface area contributed by atoms with Gasteiger partial charge < -0.3 is 5.32 Å². The SMILES string of the molecule is CC1(C)CC(=O)C(C(NC(=O)c2ccccc2)C(Cl)(Cl)Cl)C(=O)C1. The van der Waals surface area contributed by atoms with Crippen LogP contribution < -0.4 is 5.32 Å². The van der Waals surface area contributed by atoms with E-state index in [9.17, 15) is 14.4 Å². The second kappa shape index (κ2) is 7.03. The summed E-state index contributed by atoms with van der Waals surface area (Å²) in [4.78, 5) is 37.3. The minimum atomic E-state index is -1.98. The van der Waals surface area contributed by atoms with E-state index in [4.69, 9.17) is 34.8 Å². The van der Waals surface area contributed by atoms with Crippen molar-refractivity contribution in [3.8, 4) is 0 Å². The first kappa shape index (κ1) is 19.2. The van der Waals surface area contributed by atoms with Crippen molar-refractivity contribution >= 4 is 52.3 Å². The molecular weight excluding hydrogens is 373 g/mol. The summed E-state index contributed by atoms with van der Waals surface area (Å²) in [6, 6.07) is 7.12. The molecule has 1 fully saturated rings. The Balaban J connectivity index is 2.28. The Bertz CT molecular complexity index is 633. The number of ketones is 2. The molecule has 4 nitrogen and oxygen atoms in total. The van der Waals surface area contributed by atoms with Gasteiger partial charge in [0, 0.05) is 18.4 Å². The monoisotopic (exact) mass is 389 g/mol. The van der Waals surface area contributed by atoms with Crippen LogP contribution in [0.3, 0.4) is 0 Å². The number of rotatable bonds is 3. The molecule has 1 aromatic rings. The minimum Gasteiger partial charge on any atom is -0.344 e. The third-order valence-electron chi connectivity index (χ3n) is 4.01. The average molecular weight is 391 g/mol. The molecule has 24 heavy (non-hydrogen) atoms. The van der Waals surface area contributed by atoms with Crippen molar-refractivity contribution in [2.45, 2.75) is 36.5 Å². The molecular formula is C17H18Cl3NO3. The van der Waals surface area contributed by atoms with Crippen molar-refractivity contribution in [3.63, 3.8) is 0 Å². The van der Waals surface area contributed by atoms with Gasteiger partial charge in [0.15, 0.2) is 0 Å². The van der Waals surface area contributed by atoms with E-state index in [0.717, 1.165) is 0 Å². The fourth-order valence-electron chi connectivity index (χ4n) is 2.95. The maximum atomic E-state index is 12.5. The third kappa shape index (κ3) is 4.50. The predicted molar refractivity (Wildman–Crippen MR) is 94.5 cm³/mol. The van der Waals surface area contributed by atoms with E-state index in [2.05, 4.69) is 5.32 Å². The lowest BCUT2D eigenvalue weighted by molar-refractivity contribution is -0.140. The zero-order valence-electron chi connectivity index (χ0n) is 13.3. The van der Waals surface area contributed by atoms with Gasteiger partial charge in [0.25, 0.3) is 5.91 Å². The summed E-state index contributed by atoms with van der Waals surface area (Å²) in [5.74, 6) is -2.29. The highest BCUT2D eigenvalue weighted by Crippen LogP contribution is 2.41. The molecule has 0 bridgehead atoms. The van der Waals surface area contributed by atoms with Crippen LogP contribution in [0.15, 0.2) is 30.3 Å². The number of hydrogen-bond donors (Lipinski definition) is 1. The highest BCUT2D eigenvalue weighted by Gasteiger charge is 2.50. The van der Waals surface area contributed by atoms with Crippen molar-refractivity contribution in [1.82, 2.24) is 5.32 Å². The fourth-order valence-corrected chi connectivity index (χ4v) is 3.49. The van der Waals surface area contributed by atoms with Gasteiger partial charge in [-0.3, -0.25) is 14.4 Å². The van der Waals surface area contributed by atoms with E-state index < -0.39 is 27.1 Å². The Labute approximate surface area is 155 Å². The van der Waals surface area contributed by atoms with E-state index in [1.807, 2.05) is 13.8 Å². The largest absolute Gasteiger partial charge is 0.344 e. The number of benzene rings is 1. The Kier molecular flexibility index (Phi) is 5.63. The number of nitrogens with one attached hydrogen (secondary N) is 1. The topological polar surface area (TPSA) is 63.2 Å². The summed E-state index contributed by atoms with van der Waals surface area (Å²) < 4.78 is -1.98. The van der Waals surface area contributed by atoms with E-state index >= 15 is 0 Å². The lowest BCUT2D eigenvalue weighted by Gasteiger charge is -2.38. The standard InChI is InChI=1S/C17H18Cl3NO3/c1-16(2)8-11(22)13(12(23)9-16)14(17(18,19)20)21-15(24)10-6-4-3-5-7-10/h3-7,13-14H,8-9H2,1-2H3,(H,21,24). The average Bonchev–Trinajstić information content (AvgIpc) is 2.44. The first-order chi connectivity index (χ1) is 11.0. The molecule has 2 rings (SSSR count). The molecule has 1 amide bonds. The number of halogens is 3. The maximum absolute atomic E-state index is 12.5. The first-order valence-corrected chi connectivity index (χ1v) is 8.63. The van der Waals surface area contributed by atoms with Crippen LogP contribution in [0.2, 0.25) is 0 Å². The molecule has 0 aromatic heterocycles. The smallest absolute Gasteiger partial charge is 0.251 e. The Morgan fingerprint density at radius 1 is 1.12 bits per heavy atom. The third-order valence-corrected chi connectivity index (χ3v) is 4.71. The molecule has 1 saturated carbocycles. The van der Waals surface area contributed by atoms with Crippen LogP contribution >= 0.6 is 34.8 Å². The zero-order chi connectivity index (χ0) is 18.1. The van der Waals surface area contributed by atoms with Gasteiger partial charge in [-0.15, -0.1) is 0 Å². The molecule has 1 unspecified atom stereocenters. The molecule has 0 radical (unpaired) electrons. The Morgan fingerprint density at radius 2 is 1.62 bits per heavy atom. The number of amides is 1. The molecule has 0 spiro atoms. The Morgan fingerprint density at radius 3 is 2.08 bits per heavy atom. The molecule has 1 aromatic carbocycles. The van der Waals surface area contributed by atoms with Gasteiger partial charge >= 0.3 is 0 Å². The van der Waals surface area contributed by atoms with Crippen molar-refractivity contribution in [2.75, 3.05) is 0 Å². The van der Waals surface area contributed by atoms with E-state index in [0.29, 0.717) is 5.56 Å². The van der Waals surface area contributed by atoms with Crippen LogP contribution in [-0.2, 0) is 9.59 Å². The van der Waals surface area contributed by atoms with Crippen LogP contribution in [0.25, 0.3) is 0 Å². The van der Waals surface area contributed by atoms with Crippen LogP contribution in [-0.4, -0.2) is 27.3 Å². The van der Waals surface area contributed by atoms with Gasteiger partial charge in [-0.1, -0.05) is 66.8 Å². The maximum Gasteiger partial charge on any atom is 0.251 e. The van der Waals surface area contributed by atoms with Gasteiger partial charge in [-0.2, -0.15) is 0 Å². The van der Waals surface area contributed by atoms with Crippen molar-refractivity contribution in [2.24, 2.45) is 11.3 Å². The molecule has 1 aliphatic carbocycles. The molecule has 0 saturated heterocycles. The molecule has 1 N–H and O–H groups in total. The van der Waals surface area contributed by atoms with Crippen LogP contribution in [0, 0.1) is 11.3 Å². The van der Waals surface area contributed by atoms with Gasteiger partial charge in [0.1, 0.15) is 17.5 Å². The summed E-state index contributed by atoms with van der Waals surface area (Å²) >= 11 is 17.9. The number of hydrogen-bond acceptors (Lipinski definition) is 3. The summed E-state index contributed by atoms with van der Waals surface area (Å²) in [6.45, 7) is 3.68. The van der Waals surface area contributed by atoms with Gasteiger partial charge in [0.2, 0.25) is 3.79 Å². The number of alkyl halides is 3. The first-order valence-electron chi connectivity index (χ1n) is 7.49. The summed E-state index contributed by atoms with van der Waals surface area (Å²) in [6.07, 6.45) is 0.393. The van der Waals surface area contributed by atoms with E-state index in [-0.39, 0.29) is 24.4 Å². The van der Waals surface area contributed by atoms with E-state index in [1.54, 1.807) is 30.3 Å². The van der Waals surface area contributed by atoms with Crippen LogP contribution in [0.5, 0.6) is 0 Å². The minimum absolute atomic E-state index is 0.196. The molecule has 1 atom stereocenters. The summed E-state index contributed by atoms with van der Waals surface area (Å²) in [7, 11) is 0. The molecule has 1 aliphatic rings. The summed E-state index contributed by atoms with van der Waals surface area (Å²) in [5, 5.41) is 2.55. The van der Waals surface area contributed by atoms with Gasteiger partial charge in [0.05, 0.1) is 6.04 Å². The number of carbonyl (C=O) groups is 3. The van der Waals surface area contributed by atoms with E-state index in [1.165, 1.54) is 0 Å². The quantitative estimate of drug-likeness (QED) is 0.632. The highest BCUT2D eigenvalue weighted by atomic mass is 35.6. The van der Waals surface area contributed by atoms with Gasteiger partial charge in [-0.05, 0) is 17.5 Å². The highest BCUT2D eigenvalue weighted by molar-refractivity contribution is 6.68. The normalized spacial score (nSPS) is 19.9. The van der Waals surface area contributed by atoms with Crippen molar-refractivity contribution in [3.05, 3.63) is 35.9 Å². The second-order valence-electron chi connectivity index (χ2n) is 6.79. The van der Waals surface area contributed by atoms with Crippen LogP contribution in [0.4, 0.5) is 0 Å². The van der Waals surface area contributed by atoms with Gasteiger partial charge in [-0.25, -0.2) is 0 Å². The molecule has 0 heterocycles. The zero-order valence-corrected chi connectivity index (χ0v) is 15.6. The fraction of sp³-hybridized carbons (Fsp3) is 0.471. The van der Waals surface area contributed by atoms with Crippen molar-refractivity contribution in [1.29, 1.82) is 0 Å². The summed E-state index contributed by atoms with van der Waals surface area (Å²) in [5.41, 5.74) is -0.0699. The Hall–Kier alpha value is -1.10. The predicted octanol–water partition coefficient (Wildman–Crippen LogP) is 3.73. The molecule has 7 heteroatoms. The molecule has 0 aliphatic heterocycles. The van der Waals surface area contributed by atoms with Crippen molar-refractivity contribution < 1.29 is 14.4 Å². The lowest BCUT2D eigenvalue weighted by Crippen LogP contribution is -2.56. The lowest BCUT2D eigenvalue weighted by atomic mass is 9.69.